The molecule has 0 spiro atoms. The molecule has 0 N–H and O–H groups in total. The molecule has 31 heavy (non-hydrogen) atoms. The van der Waals surface area contributed by atoms with Gasteiger partial charge in [0.05, 0.1) is 12.1 Å². The SMILES string of the molecule is CC(C)N(C)C(=O)C1CCN(CC(=O)N(Cc2ccc(C(F)(F)F)cc2)C2CC2)CC1. The first-order chi connectivity index (χ1) is 14.6. The Hall–Kier alpha value is -2.09. The van der Waals surface area contributed by atoms with E-state index in [4.69, 9.17) is 0 Å². The van der Waals surface area contributed by atoms with E-state index in [1.807, 2.05) is 20.9 Å². The molecule has 1 saturated heterocycles. The lowest BCUT2D eigenvalue weighted by Gasteiger charge is -2.35. The molecule has 2 fully saturated rings. The standard InChI is InChI=1S/C23H32F3N3O2/c1-16(2)27(3)22(31)18-10-12-28(13-11-18)15-21(30)29(20-8-9-20)14-17-4-6-19(7-5-17)23(24,25)26/h4-7,16,18,20H,8-15H2,1-3H3. The van der Waals surface area contributed by atoms with E-state index in [0.717, 1.165) is 37.8 Å². The Balaban J connectivity index is 1.53. The average molecular weight is 440 g/mol. The lowest BCUT2D eigenvalue weighted by Crippen LogP contribution is -2.47. The van der Waals surface area contributed by atoms with Gasteiger partial charge < -0.3 is 9.80 Å². The van der Waals surface area contributed by atoms with Crippen molar-refractivity contribution >= 4 is 11.8 Å². The zero-order chi connectivity index (χ0) is 22.8. The maximum Gasteiger partial charge on any atom is 0.416 e. The molecule has 5 nitrogen and oxygen atoms in total. The molecule has 1 aliphatic carbocycles. The van der Waals surface area contributed by atoms with Gasteiger partial charge in [-0.3, -0.25) is 14.5 Å². The van der Waals surface area contributed by atoms with Crippen LogP contribution in [0.1, 0.15) is 50.7 Å². The summed E-state index contributed by atoms with van der Waals surface area (Å²) < 4.78 is 38.3. The third-order valence-corrected chi connectivity index (χ3v) is 6.36. The van der Waals surface area contributed by atoms with E-state index in [2.05, 4.69) is 4.90 Å². The number of amides is 2. The largest absolute Gasteiger partial charge is 0.416 e. The fraction of sp³-hybridized carbons (Fsp3) is 0.652. The smallest absolute Gasteiger partial charge is 0.343 e. The van der Waals surface area contributed by atoms with Crippen LogP contribution in [0.3, 0.4) is 0 Å². The maximum atomic E-state index is 13.0. The van der Waals surface area contributed by atoms with E-state index >= 15 is 0 Å². The van der Waals surface area contributed by atoms with Gasteiger partial charge in [0.1, 0.15) is 0 Å². The van der Waals surface area contributed by atoms with E-state index in [9.17, 15) is 22.8 Å². The molecule has 3 rings (SSSR count). The number of nitrogens with zero attached hydrogens (tertiary/aromatic N) is 3. The molecule has 0 radical (unpaired) electrons. The van der Waals surface area contributed by atoms with Crippen LogP contribution in [0.15, 0.2) is 24.3 Å². The Kier molecular flexibility index (Phi) is 7.29. The van der Waals surface area contributed by atoms with Gasteiger partial charge in [-0.15, -0.1) is 0 Å². The molecule has 0 atom stereocenters. The van der Waals surface area contributed by atoms with Crippen molar-refractivity contribution in [3.63, 3.8) is 0 Å². The van der Waals surface area contributed by atoms with Gasteiger partial charge in [-0.2, -0.15) is 13.2 Å². The second kappa shape index (κ2) is 9.59. The second-order valence-corrected chi connectivity index (χ2v) is 9.04. The van der Waals surface area contributed by atoms with Gasteiger partial charge in [-0.05, 0) is 70.3 Å². The first-order valence-corrected chi connectivity index (χ1v) is 11.0. The van der Waals surface area contributed by atoms with Crippen LogP contribution in [0.25, 0.3) is 0 Å². The number of piperidine rings is 1. The van der Waals surface area contributed by atoms with Crippen LogP contribution in [0.2, 0.25) is 0 Å². The van der Waals surface area contributed by atoms with Crippen LogP contribution >= 0.6 is 0 Å². The number of rotatable bonds is 7. The van der Waals surface area contributed by atoms with Crippen LogP contribution in [-0.2, 0) is 22.3 Å². The fourth-order valence-corrected chi connectivity index (χ4v) is 3.97. The van der Waals surface area contributed by atoms with Crippen molar-refractivity contribution < 1.29 is 22.8 Å². The minimum atomic E-state index is -4.36. The molecule has 1 aliphatic heterocycles. The molecule has 172 valence electrons. The third kappa shape index (κ3) is 6.21. The van der Waals surface area contributed by atoms with Gasteiger partial charge in [0, 0.05) is 31.6 Å². The molecular weight excluding hydrogens is 407 g/mol. The predicted molar refractivity (Wildman–Crippen MR) is 112 cm³/mol. The minimum Gasteiger partial charge on any atom is -0.343 e. The number of benzene rings is 1. The lowest BCUT2D eigenvalue weighted by molar-refractivity contribution is -0.139. The van der Waals surface area contributed by atoms with Crippen LogP contribution in [0.5, 0.6) is 0 Å². The summed E-state index contributed by atoms with van der Waals surface area (Å²) >= 11 is 0. The van der Waals surface area contributed by atoms with E-state index in [0.29, 0.717) is 25.2 Å². The molecule has 0 aromatic heterocycles. The second-order valence-electron chi connectivity index (χ2n) is 9.04. The van der Waals surface area contributed by atoms with Crippen molar-refractivity contribution in [1.82, 2.24) is 14.7 Å². The highest BCUT2D eigenvalue weighted by Gasteiger charge is 2.35. The summed E-state index contributed by atoms with van der Waals surface area (Å²) in [7, 11) is 1.83. The quantitative estimate of drug-likeness (QED) is 0.650. The maximum absolute atomic E-state index is 13.0. The third-order valence-electron chi connectivity index (χ3n) is 6.36. The monoisotopic (exact) mass is 439 g/mol. The van der Waals surface area contributed by atoms with Crippen LogP contribution in [0, 0.1) is 5.92 Å². The number of likely N-dealkylation sites (tertiary alicyclic amines) is 1. The van der Waals surface area contributed by atoms with Crippen LogP contribution in [-0.4, -0.2) is 65.3 Å². The molecule has 2 amide bonds. The van der Waals surface area contributed by atoms with Crippen molar-refractivity contribution in [3.8, 4) is 0 Å². The Morgan fingerprint density at radius 2 is 1.65 bits per heavy atom. The normalized spacial score (nSPS) is 18.3. The van der Waals surface area contributed by atoms with Crippen molar-refractivity contribution in [2.24, 2.45) is 5.92 Å². The van der Waals surface area contributed by atoms with Crippen molar-refractivity contribution in [2.45, 2.75) is 64.3 Å². The Morgan fingerprint density at radius 3 is 2.13 bits per heavy atom. The van der Waals surface area contributed by atoms with Gasteiger partial charge in [-0.1, -0.05) is 12.1 Å². The fourth-order valence-electron chi connectivity index (χ4n) is 3.97. The lowest BCUT2D eigenvalue weighted by atomic mass is 9.95. The Bertz CT molecular complexity index is 767. The number of halogens is 3. The molecule has 1 heterocycles. The number of alkyl halides is 3. The topological polar surface area (TPSA) is 43.9 Å². The first-order valence-electron chi connectivity index (χ1n) is 11.0. The molecule has 8 heteroatoms. The summed E-state index contributed by atoms with van der Waals surface area (Å²) in [6.07, 6.45) is -1.01. The molecule has 1 saturated carbocycles. The number of hydrogen-bond acceptors (Lipinski definition) is 3. The van der Waals surface area contributed by atoms with Gasteiger partial charge >= 0.3 is 6.18 Å². The number of carbonyl (C=O) groups is 2. The predicted octanol–water partition coefficient (Wildman–Crippen LogP) is 3.78. The summed E-state index contributed by atoms with van der Waals surface area (Å²) in [4.78, 5) is 31.2. The number of hydrogen-bond donors (Lipinski definition) is 0. The van der Waals surface area contributed by atoms with E-state index in [1.54, 1.807) is 9.80 Å². The average Bonchev–Trinajstić information content (AvgIpc) is 3.56. The minimum absolute atomic E-state index is 0.00503. The summed E-state index contributed by atoms with van der Waals surface area (Å²) in [5.41, 5.74) is 0.0235. The summed E-state index contributed by atoms with van der Waals surface area (Å²) in [5, 5.41) is 0. The molecule has 1 aromatic rings. The number of carbonyl (C=O) groups excluding carboxylic acids is 2. The zero-order valence-corrected chi connectivity index (χ0v) is 18.5. The van der Waals surface area contributed by atoms with Crippen molar-refractivity contribution in [2.75, 3.05) is 26.7 Å². The zero-order valence-electron chi connectivity index (χ0n) is 18.5. The molecule has 0 unspecified atom stereocenters. The highest BCUT2D eigenvalue weighted by Crippen LogP contribution is 2.31. The molecule has 0 bridgehead atoms. The Morgan fingerprint density at radius 1 is 1.06 bits per heavy atom. The van der Waals surface area contributed by atoms with Gasteiger partial charge in [-0.25, -0.2) is 0 Å². The van der Waals surface area contributed by atoms with E-state index in [-0.39, 0.29) is 36.4 Å². The van der Waals surface area contributed by atoms with Gasteiger partial charge in [0.15, 0.2) is 0 Å². The summed E-state index contributed by atoms with van der Waals surface area (Å²) in [6, 6.07) is 5.39. The van der Waals surface area contributed by atoms with E-state index in [1.165, 1.54) is 12.1 Å². The summed E-state index contributed by atoms with van der Waals surface area (Å²) in [6.45, 7) is 6.01. The molecule has 1 aromatic carbocycles. The first kappa shape index (κ1) is 23.6. The van der Waals surface area contributed by atoms with Crippen LogP contribution in [0.4, 0.5) is 13.2 Å². The highest BCUT2D eigenvalue weighted by atomic mass is 19.4. The molecule has 2 aliphatic rings. The Labute approximate surface area is 182 Å². The van der Waals surface area contributed by atoms with Gasteiger partial charge in [0.2, 0.25) is 11.8 Å². The molecular formula is C23H32F3N3O2. The summed E-state index contributed by atoms with van der Waals surface area (Å²) in [5.74, 6) is 0.180. The highest BCUT2D eigenvalue weighted by molar-refractivity contribution is 5.80. The van der Waals surface area contributed by atoms with Crippen LogP contribution < -0.4 is 0 Å². The van der Waals surface area contributed by atoms with Crippen molar-refractivity contribution in [3.05, 3.63) is 35.4 Å². The van der Waals surface area contributed by atoms with Gasteiger partial charge in [0.25, 0.3) is 0 Å². The van der Waals surface area contributed by atoms with E-state index < -0.39 is 11.7 Å². The van der Waals surface area contributed by atoms with Crippen molar-refractivity contribution in [1.29, 1.82) is 0 Å².